The van der Waals surface area contributed by atoms with Crippen molar-refractivity contribution in [1.29, 1.82) is 0 Å². The van der Waals surface area contributed by atoms with Gasteiger partial charge in [-0.1, -0.05) is 31.2 Å². The van der Waals surface area contributed by atoms with Crippen molar-refractivity contribution in [2.75, 3.05) is 0 Å². The third-order valence-electron chi connectivity index (χ3n) is 4.47. The molecule has 0 saturated carbocycles. The van der Waals surface area contributed by atoms with Crippen molar-refractivity contribution in [3.8, 4) is 28.3 Å². The molecule has 3 rings (SSSR count). The van der Waals surface area contributed by atoms with Crippen LogP contribution >= 0.6 is 0 Å². The van der Waals surface area contributed by atoms with E-state index in [4.69, 9.17) is 14.9 Å². The Morgan fingerprint density at radius 2 is 1.64 bits per heavy atom. The van der Waals surface area contributed by atoms with Gasteiger partial charge in [0, 0.05) is 30.7 Å². The maximum absolute atomic E-state index is 11.1. The average Bonchev–Trinajstić information content (AvgIpc) is 2.98. The number of nitrogens with zero attached hydrogens (tertiary/aromatic N) is 2. The molecule has 0 radical (unpaired) electrons. The topological polar surface area (TPSA) is 81.4 Å². The Morgan fingerprint density at radius 1 is 1.04 bits per heavy atom. The zero-order chi connectivity index (χ0) is 20.3. The molecular weight excluding hydrogens is 356 g/mol. The molecule has 6 nitrogen and oxygen atoms in total. The first-order valence-electron chi connectivity index (χ1n) is 9.05. The Morgan fingerprint density at radius 3 is 2.18 bits per heavy atom. The smallest absolute Gasteiger partial charge is 0.308 e. The quantitative estimate of drug-likeness (QED) is 0.520. The molecule has 0 fully saturated rings. The predicted molar refractivity (Wildman–Crippen MR) is 106 cm³/mol. The minimum Gasteiger partial charge on any atom is -0.481 e. The summed E-state index contributed by atoms with van der Waals surface area (Å²) in [5, 5.41) is 13.6. The number of hydrogen-bond acceptors (Lipinski definition) is 4. The van der Waals surface area contributed by atoms with Crippen LogP contribution in [0.15, 0.2) is 48.5 Å². The second-order valence-electron chi connectivity index (χ2n) is 6.54. The molecule has 144 valence electrons. The van der Waals surface area contributed by atoms with E-state index in [2.05, 4.69) is 6.92 Å². The van der Waals surface area contributed by atoms with Gasteiger partial charge < -0.3 is 9.84 Å². The largest absolute Gasteiger partial charge is 0.481 e. The van der Waals surface area contributed by atoms with Gasteiger partial charge in [0.2, 0.25) is 0 Å². The number of aliphatic carboxylic acids is 1. The molecule has 1 heterocycles. The van der Waals surface area contributed by atoms with Crippen molar-refractivity contribution < 1.29 is 19.4 Å². The molecule has 0 aliphatic carbocycles. The van der Waals surface area contributed by atoms with E-state index in [0.29, 0.717) is 5.75 Å². The van der Waals surface area contributed by atoms with E-state index in [1.54, 1.807) is 12.1 Å². The van der Waals surface area contributed by atoms with Crippen molar-refractivity contribution >= 4 is 11.9 Å². The van der Waals surface area contributed by atoms with E-state index in [9.17, 15) is 9.59 Å². The lowest BCUT2D eigenvalue weighted by atomic mass is 9.99. The Hall–Kier alpha value is -3.41. The fourth-order valence-corrected chi connectivity index (χ4v) is 3.30. The van der Waals surface area contributed by atoms with Gasteiger partial charge in [-0.05, 0) is 36.2 Å². The van der Waals surface area contributed by atoms with E-state index < -0.39 is 5.97 Å². The first-order valence-corrected chi connectivity index (χ1v) is 9.05. The van der Waals surface area contributed by atoms with E-state index in [1.807, 2.05) is 48.1 Å². The summed E-state index contributed by atoms with van der Waals surface area (Å²) in [4.78, 5) is 22.0. The van der Waals surface area contributed by atoms with Crippen LogP contribution in [0.1, 0.15) is 25.0 Å². The highest BCUT2D eigenvalue weighted by atomic mass is 16.5. The molecule has 1 N–H and O–H groups in total. The zero-order valence-corrected chi connectivity index (χ0v) is 16.1. The number of esters is 1. The zero-order valence-electron chi connectivity index (χ0n) is 16.1. The fraction of sp³-hybridized carbons (Fsp3) is 0.227. The molecule has 0 atom stereocenters. The van der Waals surface area contributed by atoms with Crippen LogP contribution in [0.3, 0.4) is 0 Å². The third-order valence-corrected chi connectivity index (χ3v) is 4.47. The normalized spacial score (nSPS) is 10.7. The van der Waals surface area contributed by atoms with Crippen LogP contribution in [-0.4, -0.2) is 26.8 Å². The summed E-state index contributed by atoms with van der Waals surface area (Å²) in [5.41, 5.74) is 5.67. The number of hydrogen-bond donors (Lipinski definition) is 1. The highest BCUT2D eigenvalue weighted by molar-refractivity contribution is 5.76. The van der Waals surface area contributed by atoms with Crippen molar-refractivity contribution in [1.82, 2.24) is 9.78 Å². The van der Waals surface area contributed by atoms with E-state index in [0.717, 1.165) is 40.1 Å². The Kier molecular flexibility index (Phi) is 5.59. The van der Waals surface area contributed by atoms with Gasteiger partial charge in [0.05, 0.1) is 17.8 Å². The fourth-order valence-electron chi connectivity index (χ4n) is 3.30. The van der Waals surface area contributed by atoms with Crippen LogP contribution < -0.4 is 4.74 Å². The molecule has 1 aromatic heterocycles. The van der Waals surface area contributed by atoms with Crippen LogP contribution in [0, 0.1) is 0 Å². The van der Waals surface area contributed by atoms with E-state index in [-0.39, 0.29) is 12.4 Å². The Labute approximate surface area is 163 Å². The number of benzene rings is 2. The Balaban J connectivity index is 1.98. The van der Waals surface area contributed by atoms with E-state index >= 15 is 0 Å². The average molecular weight is 378 g/mol. The number of rotatable bonds is 6. The van der Waals surface area contributed by atoms with Crippen molar-refractivity contribution in [2.24, 2.45) is 7.05 Å². The van der Waals surface area contributed by atoms with Crippen LogP contribution in [0.2, 0.25) is 0 Å². The first-order chi connectivity index (χ1) is 13.4. The predicted octanol–water partition coefficient (Wildman–Crippen LogP) is 3.87. The van der Waals surface area contributed by atoms with E-state index in [1.165, 1.54) is 6.92 Å². The minimum atomic E-state index is -0.848. The SMILES string of the molecule is CCc1c(-c2ccc(CC(=O)O)cc2)nn(C)c1-c1ccc(OC(C)=O)cc1. The van der Waals surface area contributed by atoms with Crippen LogP contribution in [-0.2, 0) is 29.5 Å². The number of carboxylic acids is 1. The van der Waals surface area contributed by atoms with Gasteiger partial charge in [0.1, 0.15) is 5.75 Å². The number of aryl methyl sites for hydroxylation is 1. The van der Waals surface area contributed by atoms with Gasteiger partial charge in [0.15, 0.2) is 0 Å². The molecular formula is C22H22N2O4. The molecule has 0 aliphatic rings. The number of aromatic nitrogens is 2. The summed E-state index contributed by atoms with van der Waals surface area (Å²) in [6, 6.07) is 14.8. The van der Waals surface area contributed by atoms with Crippen molar-refractivity contribution in [2.45, 2.75) is 26.7 Å². The minimum absolute atomic E-state index is 0.00304. The maximum Gasteiger partial charge on any atom is 0.308 e. The van der Waals surface area contributed by atoms with Crippen LogP contribution in [0.4, 0.5) is 0 Å². The molecule has 3 aromatic rings. The molecule has 0 unspecified atom stereocenters. The lowest BCUT2D eigenvalue weighted by Gasteiger charge is -2.07. The molecule has 0 aliphatic heterocycles. The van der Waals surface area contributed by atoms with Gasteiger partial charge in [-0.25, -0.2) is 0 Å². The van der Waals surface area contributed by atoms with Gasteiger partial charge in [0.25, 0.3) is 0 Å². The van der Waals surface area contributed by atoms with Gasteiger partial charge >= 0.3 is 11.9 Å². The molecule has 0 spiro atoms. The van der Waals surface area contributed by atoms with Gasteiger partial charge in [-0.2, -0.15) is 5.10 Å². The summed E-state index contributed by atoms with van der Waals surface area (Å²) in [5.74, 6) is -0.693. The number of carboxylic acid groups (broad SMARTS) is 1. The highest BCUT2D eigenvalue weighted by Gasteiger charge is 2.18. The van der Waals surface area contributed by atoms with Gasteiger partial charge in [-0.3, -0.25) is 14.3 Å². The lowest BCUT2D eigenvalue weighted by molar-refractivity contribution is -0.136. The molecule has 0 saturated heterocycles. The maximum atomic E-state index is 11.1. The Bertz CT molecular complexity index is 1000. The third kappa shape index (κ3) is 4.11. The molecule has 28 heavy (non-hydrogen) atoms. The second-order valence-corrected chi connectivity index (χ2v) is 6.54. The van der Waals surface area contributed by atoms with Crippen molar-refractivity contribution in [3.05, 3.63) is 59.7 Å². The summed E-state index contributed by atoms with van der Waals surface area (Å²) < 4.78 is 6.95. The number of carbonyl (C=O) groups is 2. The highest BCUT2D eigenvalue weighted by Crippen LogP contribution is 2.33. The first kappa shape index (κ1) is 19.4. The monoisotopic (exact) mass is 378 g/mol. The summed E-state index contributed by atoms with van der Waals surface area (Å²) in [6.07, 6.45) is 0.796. The summed E-state index contributed by atoms with van der Waals surface area (Å²) in [7, 11) is 1.90. The summed E-state index contributed by atoms with van der Waals surface area (Å²) in [6.45, 7) is 3.45. The van der Waals surface area contributed by atoms with Crippen molar-refractivity contribution in [3.63, 3.8) is 0 Å². The molecule has 0 bridgehead atoms. The molecule has 0 amide bonds. The van der Waals surface area contributed by atoms with Crippen LogP contribution in [0.5, 0.6) is 5.75 Å². The second kappa shape index (κ2) is 8.08. The number of carbonyl (C=O) groups excluding carboxylic acids is 1. The molecule has 6 heteroatoms. The summed E-state index contributed by atoms with van der Waals surface area (Å²) >= 11 is 0. The van der Waals surface area contributed by atoms with Gasteiger partial charge in [-0.15, -0.1) is 0 Å². The lowest BCUT2D eigenvalue weighted by Crippen LogP contribution is -2.01. The van der Waals surface area contributed by atoms with Crippen LogP contribution in [0.25, 0.3) is 22.5 Å². The molecule has 2 aromatic carbocycles. The standard InChI is InChI=1S/C22H22N2O4/c1-4-19-21(16-7-5-15(6-8-16)13-20(26)27)23-24(3)22(19)17-9-11-18(12-10-17)28-14(2)25/h5-12H,4,13H2,1-3H3,(H,26,27). The number of ether oxygens (including phenoxy) is 1.